The molecule has 2 aromatic rings. The number of nitrogens with zero attached hydrogens (tertiary/aromatic N) is 2. The molecule has 0 radical (unpaired) electrons. The topological polar surface area (TPSA) is 47.3 Å². The highest BCUT2D eigenvalue weighted by atomic mass is 16.5. The summed E-state index contributed by atoms with van der Waals surface area (Å²) in [5, 5.41) is 10.3. The fourth-order valence-electron chi connectivity index (χ4n) is 4.57. The Balaban J connectivity index is 1.36. The third-order valence-corrected chi connectivity index (χ3v) is 6.77. The molecule has 29 heavy (non-hydrogen) atoms. The normalized spacial score (nSPS) is 18.5. The molecule has 0 aliphatic carbocycles. The molecule has 3 rings (SSSR count). The Kier molecular flexibility index (Phi) is 7.26. The highest BCUT2D eigenvalue weighted by Gasteiger charge is 2.34. The number of aromatic nitrogens is 2. The summed E-state index contributed by atoms with van der Waals surface area (Å²) in [7, 11) is 0. The maximum absolute atomic E-state index is 10.3. The second-order valence-corrected chi connectivity index (χ2v) is 9.11. The molecule has 0 saturated heterocycles. The highest BCUT2D eigenvalue weighted by Crippen LogP contribution is 2.44. The number of aryl methyl sites for hydroxylation is 1. The van der Waals surface area contributed by atoms with Crippen molar-refractivity contribution >= 4 is 0 Å². The van der Waals surface area contributed by atoms with E-state index in [4.69, 9.17) is 4.74 Å². The molecule has 1 N–H and O–H groups in total. The molecule has 2 heterocycles. The Bertz CT molecular complexity index is 798. The van der Waals surface area contributed by atoms with Crippen molar-refractivity contribution in [2.24, 2.45) is 0 Å². The molecule has 1 aromatic carbocycles. The third kappa shape index (κ3) is 5.34. The van der Waals surface area contributed by atoms with E-state index in [9.17, 15) is 5.11 Å². The van der Waals surface area contributed by atoms with Gasteiger partial charge in [-0.2, -0.15) is 0 Å². The number of ether oxygens (including phenoxy) is 1. The number of hydrogen-bond acceptors (Lipinski definition) is 3. The van der Waals surface area contributed by atoms with Gasteiger partial charge >= 0.3 is 0 Å². The van der Waals surface area contributed by atoms with Crippen LogP contribution in [0.4, 0.5) is 0 Å². The van der Waals surface area contributed by atoms with Crippen LogP contribution in [0, 0.1) is 20.8 Å². The molecule has 1 aromatic heterocycles. The third-order valence-electron chi connectivity index (χ3n) is 6.77. The summed E-state index contributed by atoms with van der Waals surface area (Å²) in [6, 6.07) is 0. The van der Waals surface area contributed by atoms with Crippen molar-refractivity contribution in [2.45, 2.75) is 104 Å². The van der Waals surface area contributed by atoms with Crippen molar-refractivity contribution in [3.8, 4) is 11.5 Å². The molecule has 0 saturated carbocycles. The fraction of sp³-hybridized carbons (Fsp3) is 0.640. The Morgan fingerprint density at radius 3 is 2.38 bits per heavy atom. The van der Waals surface area contributed by atoms with Gasteiger partial charge in [0.1, 0.15) is 17.1 Å². The number of imidazole rings is 1. The summed E-state index contributed by atoms with van der Waals surface area (Å²) < 4.78 is 8.71. The van der Waals surface area contributed by atoms with Crippen LogP contribution in [0.25, 0.3) is 0 Å². The summed E-state index contributed by atoms with van der Waals surface area (Å²) in [6.07, 6.45) is 18.0. The number of benzene rings is 1. The Hall–Kier alpha value is -1.97. The van der Waals surface area contributed by atoms with Crippen molar-refractivity contribution in [3.05, 3.63) is 41.0 Å². The van der Waals surface area contributed by atoms with E-state index in [0.29, 0.717) is 5.75 Å². The number of aromatic hydroxyl groups is 1. The fourth-order valence-corrected chi connectivity index (χ4v) is 4.57. The monoisotopic (exact) mass is 398 g/mol. The average Bonchev–Trinajstić information content (AvgIpc) is 3.23. The second-order valence-electron chi connectivity index (χ2n) is 9.11. The Morgan fingerprint density at radius 2 is 1.69 bits per heavy atom. The minimum Gasteiger partial charge on any atom is -0.507 e. The number of phenolic OH excluding ortho intramolecular Hbond substituents is 1. The summed E-state index contributed by atoms with van der Waals surface area (Å²) in [4.78, 5) is 4.09. The molecule has 0 unspecified atom stereocenters. The van der Waals surface area contributed by atoms with E-state index in [2.05, 4.69) is 23.4 Å². The summed E-state index contributed by atoms with van der Waals surface area (Å²) >= 11 is 0. The Labute approximate surface area is 176 Å². The minimum absolute atomic E-state index is 0.0710. The van der Waals surface area contributed by atoms with Crippen LogP contribution in [-0.4, -0.2) is 20.3 Å². The molecule has 4 nitrogen and oxygen atoms in total. The highest BCUT2D eigenvalue weighted by molar-refractivity contribution is 5.58. The van der Waals surface area contributed by atoms with Gasteiger partial charge in [0, 0.05) is 24.5 Å². The van der Waals surface area contributed by atoms with E-state index in [1.807, 2.05) is 32.6 Å². The zero-order valence-electron chi connectivity index (χ0n) is 18.8. The van der Waals surface area contributed by atoms with Crippen molar-refractivity contribution < 1.29 is 9.84 Å². The van der Waals surface area contributed by atoms with Crippen LogP contribution in [0.5, 0.6) is 11.5 Å². The van der Waals surface area contributed by atoms with Gasteiger partial charge in [-0.3, -0.25) is 0 Å². The lowest BCUT2D eigenvalue weighted by Crippen LogP contribution is -2.37. The number of hydrogen-bond donors (Lipinski definition) is 1. The predicted octanol–water partition coefficient (Wildman–Crippen LogP) is 6.42. The molecule has 0 amide bonds. The molecular weight excluding hydrogens is 360 g/mol. The predicted molar refractivity (Wildman–Crippen MR) is 119 cm³/mol. The molecule has 1 aliphatic rings. The Morgan fingerprint density at radius 1 is 1.00 bits per heavy atom. The number of rotatable bonds is 10. The molecule has 1 atom stereocenters. The lowest BCUT2D eigenvalue weighted by atomic mass is 9.84. The van der Waals surface area contributed by atoms with Gasteiger partial charge < -0.3 is 14.4 Å². The van der Waals surface area contributed by atoms with Gasteiger partial charge in [0.2, 0.25) is 0 Å². The largest absolute Gasteiger partial charge is 0.507 e. The van der Waals surface area contributed by atoms with Gasteiger partial charge in [0.15, 0.2) is 0 Å². The van der Waals surface area contributed by atoms with Gasteiger partial charge in [-0.15, -0.1) is 0 Å². The van der Waals surface area contributed by atoms with Gasteiger partial charge in [0.05, 0.1) is 6.33 Å². The first-order valence-corrected chi connectivity index (χ1v) is 11.4. The SMILES string of the molecule is Cc1c(C)c2c(c(C)c1O)CC[C@@](C)(CCCCCCCCCn1ccnc1)O2. The van der Waals surface area contributed by atoms with Crippen LogP contribution in [0.3, 0.4) is 0 Å². The van der Waals surface area contributed by atoms with Crippen LogP contribution in [0.15, 0.2) is 18.7 Å². The zero-order chi connectivity index (χ0) is 20.9. The van der Waals surface area contributed by atoms with E-state index in [-0.39, 0.29) is 5.60 Å². The molecule has 1 aliphatic heterocycles. The smallest absolute Gasteiger partial charge is 0.127 e. The lowest BCUT2D eigenvalue weighted by Gasteiger charge is -2.38. The molecule has 0 bridgehead atoms. The number of unbranched alkanes of at least 4 members (excludes halogenated alkanes) is 6. The first-order chi connectivity index (χ1) is 13.9. The molecule has 0 fully saturated rings. The number of fused-ring (bicyclic) bond motifs is 1. The van der Waals surface area contributed by atoms with Crippen molar-refractivity contribution in [2.75, 3.05) is 0 Å². The second kappa shape index (κ2) is 9.69. The summed E-state index contributed by atoms with van der Waals surface area (Å²) in [6.45, 7) is 9.44. The maximum Gasteiger partial charge on any atom is 0.127 e. The van der Waals surface area contributed by atoms with Crippen LogP contribution in [0.2, 0.25) is 0 Å². The first kappa shape index (κ1) is 21.7. The summed E-state index contributed by atoms with van der Waals surface area (Å²) in [5.74, 6) is 1.47. The van der Waals surface area contributed by atoms with Crippen molar-refractivity contribution in [1.82, 2.24) is 9.55 Å². The molecule has 0 spiro atoms. The van der Waals surface area contributed by atoms with Gasteiger partial charge in [-0.1, -0.05) is 32.1 Å². The van der Waals surface area contributed by atoms with Crippen LogP contribution in [0.1, 0.15) is 87.0 Å². The maximum atomic E-state index is 10.3. The average molecular weight is 399 g/mol. The molecule has 160 valence electrons. The van der Waals surface area contributed by atoms with E-state index in [1.165, 1.54) is 50.5 Å². The lowest BCUT2D eigenvalue weighted by molar-refractivity contribution is 0.0521. The molecular formula is C25H38N2O2. The van der Waals surface area contributed by atoms with Crippen molar-refractivity contribution in [3.63, 3.8) is 0 Å². The van der Waals surface area contributed by atoms with Gasteiger partial charge in [-0.25, -0.2) is 4.98 Å². The minimum atomic E-state index is -0.0710. The van der Waals surface area contributed by atoms with E-state index >= 15 is 0 Å². The summed E-state index contributed by atoms with van der Waals surface area (Å²) in [5.41, 5.74) is 4.19. The van der Waals surface area contributed by atoms with Crippen molar-refractivity contribution in [1.29, 1.82) is 0 Å². The van der Waals surface area contributed by atoms with Gasteiger partial charge in [-0.05, 0) is 76.5 Å². The van der Waals surface area contributed by atoms with Crippen LogP contribution in [-0.2, 0) is 13.0 Å². The first-order valence-electron chi connectivity index (χ1n) is 11.4. The number of phenols is 1. The van der Waals surface area contributed by atoms with E-state index < -0.39 is 0 Å². The standard InChI is InChI=1S/C25H38N2O2/c1-19-20(2)24-22(21(3)23(19)28)12-14-25(4,29-24)13-10-8-6-5-7-9-11-16-27-17-15-26-18-27/h15,17-18,28H,5-14,16H2,1-4H3/t25-/m1/s1. The van der Waals surface area contributed by atoms with E-state index in [1.54, 1.807) is 0 Å². The van der Waals surface area contributed by atoms with Crippen LogP contribution >= 0.6 is 0 Å². The molecule has 4 heteroatoms. The zero-order valence-corrected chi connectivity index (χ0v) is 18.8. The van der Waals surface area contributed by atoms with Gasteiger partial charge in [0.25, 0.3) is 0 Å². The van der Waals surface area contributed by atoms with E-state index in [0.717, 1.165) is 48.2 Å². The quantitative estimate of drug-likeness (QED) is 0.470. The van der Waals surface area contributed by atoms with Crippen LogP contribution < -0.4 is 4.74 Å².